The van der Waals surface area contributed by atoms with Gasteiger partial charge in [0.1, 0.15) is 18.0 Å². The van der Waals surface area contributed by atoms with E-state index in [2.05, 4.69) is 11.8 Å². The average Bonchev–Trinajstić information content (AvgIpc) is 3.25. The number of aliphatic hydroxyl groups is 1. The summed E-state index contributed by atoms with van der Waals surface area (Å²) < 4.78 is 11.9. The molecule has 0 aromatic heterocycles. The van der Waals surface area contributed by atoms with Crippen molar-refractivity contribution >= 4 is 11.9 Å². The molecule has 2 aliphatic rings. The summed E-state index contributed by atoms with van der Waals surface area (Å²) in [6.07, 6.45) is 5.17. The fourth-order valence-corrected chi connectivity index (χ4v) is 4.73. The molecule has 1 fully saturated rings. The predicted octanol–water partition coefficient (Wildman–Crippen LogP) is 3.86. The lowest BCUT2D eigenvalue weighted by Crippen LogP contribution is -2.23. The van der Waals surface area contributed by atoms with Crippen LogP contribution in [0.1, 0.15) is 63.5 Å². The van der Waals surface area contributed by atoms with Gasteiger partial charge in [0, 0.05) is 43.6 Å². The number of carbonyl (C=O) groups excluding carboxylic acids is 1. The number of aliphatic hydroxyl groups excluding tert-OH is 1. The second-order valence-corrected chi connectivity index (χ2v) is 8.71. The molecule has 6 nitrogen and oxygen atoms in total. The minimum absolute atomic E-state index is 0.00368. The van der Waals surface area contributed by atoms with Gasteiger partial charge < -0.3 is 19.7 Å². The maximum Gasteiger partial charge on any atom is 0.303 e. The van der Waals surface area contributed by atoms with E-state index in [1.165, 1.54) is 6.92 Å². The SMILES string of the molecule is CC#CC[C@H](C)[C@H](O)/C=C/[C@@H]1[C@H]2c3cccc(CCCC(=O)O)c3O[C@H]2C[C@H]1OC(C)=O. The van der Waals surface area contributed by atoms with Gasteiger partial charge in [0.15, 0.2) is 0 Å². The molecular weight excluding hydrogens is 408 g/mol. The lowest BCUT2D eigenvalue weighted by molar-refractivity contribution is -0.147. The summed E-state index contributed by atoms with van der Waals surface area (Å²) >= 11 is 0. The van der Waals surface area contributed by atoms with Crippen molar-refractivity contribution in [3.63, 3.8) is 0 Å². The zero-order valence-corrected chi connectivity index (χ0v) is 18.9. The van der Waals surface area contributed by atoms with E-state index in [1.54, 1.807) is 13.0 Å². The Morgan fingerprint density at radius 3 is 2.84 bits per heavy atom. The number of carboxylic acids is 1. The van der Waals surface area contributed by atoms with E-state index in [4.69, 9.17) is 14.6 Å². The molecule has 2 N–H and O–H groups in total. The molecule has 6 atom stereocenters. The van der Waals surface area contributed by atoms with Crippen LogP contribution in [0, 0.1) is 23.7 Å². The summed E-state index contributed by atoms with van der Waals surface area (Å²) in [6.45, 7) is 5.15. The molecule has 1 aliphatic heterocycles. The molecule has 6 heteroatoms. The lowest BCUT2D eigenvalue weighted by atomic mass is 9.86. The summed E-state index contributed by atoms with van der Waals surface area (Å²) in [7, 11) is 0. The zero-order valence-electron chi connectivity index (χ0n) is 18.9. The molecule has 0 unspecified atom stereocenters. The Morgan fingerprint density at radius 2 is 2.16 bits per heavy atom. The summed E-state index contributed by atoms with van der Waals surface area (Å²) in [5.74, 6) is 5.46. The normalized spacial score (nSPS) is 25.2. The molecule has 1 saturated carbocycles. The van der Waals surface area contributed by atoms with Gasteiger partial charge in [-0.15, -0.1) is 11.8 Å². The number of carboxylic acid groups (broad SMARTS) is 1. The van der Waals surface area contributed by atoms with Crippen molar-refractivity contribution in [2.24, 2.45) is 11.8 Å². The third-order valence-corrected chi connectivity index (χ3v) is 6.33. The first-order chi connectivity index (χ1) is 15.3. The molecule has 32 heavy (non-hydrogen) atoms. The number of aliphatic carboxylic acids is 1. The van der Waals surface area contributed by atoms with Crippen LogP contribution in [0.2, 0.25) is 0 Å². The minimum atomic E-state index is -0.803. The highest BCUT2D eigenvalue weighted by Crippen LogP contribution is 2.52. The van der Waals surface area contributed by atoms with Gasteiger partial charge in [0.25, 0.3) is 0 Å². The Kier molecular flexibility index (Phi) is 7.98. The third kappa shape index (κ3) is 5.52. The molecule has 1 aromatic carbocycles. The van der Waals surface area contributed by atoms with Crippen molar-refractivity contribution < 1.29 is 29.3 Å². The molecule has 0 amide bonds. The fourth-order valence-electron chi connectivity index (χ4n) is 4.73. The molecule has 0 radical (unpaired) electrons. The standard InChI is InChI=1S/C26H32O6/c1-4-5-8-16(2)21(28)14-13-19-22(31-17(3)27)15-23-25(19)20-11-6-9-18(26(20)32-23)10-7-12-24(29)30/h6,9,11,13-14,16,19,21-23,25,28H,7-8,10,12,15H2,1-3H3,(H,29,30)/b14-13+/t16-,19-,21+,22+,23-,25-/m0/s1. The van der Waals surface area contributed by atoms with Crippen LogP contribution < -0.4 is 4.74 Å². The van der Waals surface area contributed by atoms with E-state index < -0.39 is 12.1 Å². The van der Waals surface area contributed by atoms with Crippen molar-refractivity contribution in [2.45, 2.75) is 77.1 Å². The molecule has 1 aromatic rings. The minimum Gasteiger partial charge on any atom is -0.489 e. The van der Waals surface area contributed by atoms with Crippen LogP contribution in [0.4, 0.5) is 0 Å². The van der Waals surface area contributed by atoms with Crippen LogP contribution in [-0.2, 0) is 20.7 Å². The predicted molar refractivity (Wildman–Crippen MR) is 120 cm³/mol. The van der Waals surface area contributed by atoms with Gasteiger partial charge >= 0.3 is 11.9 Å². The maximum absolute atomic E-state index is 11.7. The smallest absolute Gasteiger partial charge is 0.303 e. The number of aryl methyl sites for hydroxylation is 1. The largest absolute Gasteiger partial charge is 0.489 e. The number of carbonyl (C=O) groups is 2. The number of hydrogen-bond acceptors (Lipinski definition) is 5. The highest BCUT2D eigenvalue weighted by molar-refractivity contribution is 5.67. The van der Waals surface area contributed by atoms with E-state index in [1.807, 2.05) is 31.2 Å². The number of fused-ring (bicyclic) bond motifs is 3. The summed E-state index contributed by atoms with van der Waals surface area (Å²) in [6, 6.07) is 5.99. The van der Waals surface area contributed by atoms with Gasteiger partial charge in [-0.25, -0.2) is 0 Å². The van der Waals surface area contributed by atoms with Gasteiger partial charge in [-0.1, -0.05) is 37.3 Å². The summed E-state index contributed by atoms with van der Waals surface area (Å²) in [5, 5.41) is 19.5. The number of benzene rings is 1. The van der Waals surface area contributed by atoms with E-state index in [9.17, 15) is 14.7 Å². The lowest BCUT2D eigenvalue weighted by Gasteiger charge is -2.22. The molecule has 1 aliphatic carbocycles. The van der Waals surface area contributed by atoms with Crippen LogP contribution in [-0.4, -0.2) is 40.5 Å². The Morgan fingerprint density at radius 1 is 1.38 bits per heavy atom. The first-order valence-electron chi connectivity index (χ1n) is 11.2. The van der Waals surface area contributed by atoms with Crippen molar-refractivity contribution in [1.82, 2.24) is 0 Å². The van der Waals surface area contributed by atoms with Crippen LogP contribution in [0.5, 0.6) is 5.75 Å². The number of para-hydroxylation sites is 1. The Hall–Kier alpha value is -2.78. The van der Waals surface area contributed by atoms with Crippen LogP contribution in [0.25, 0.3) is 0 Å². The Labute approximate surface area is 189 Å². The number of esters is 1. The Balaban J connectivity index is 1.83. The highest BCUT2D eigenvalue weighted by atomic mass is 16.5. The summed E-state index contributed by atoms with van der Waals surface area (Å²) in [4.78, 5) is 22.6. The number of ether oxygens (including phenoxy) is 2. The maximum atomic E-state index is 11.7. The molecular formula is C26H32O6. The molecule has 172 valence electrons. The zero-order chi connectivity index (χ0) is 23.3. The van der Waals surface area contributed by atoms with E-state index >= 15 is 0 Å². The summed E-state index contributed by atoms with van der Waals surface area (Å²) in [5.41, 5.74) is 2.07. The molecule has 0 saturated heterocycles. The topological polar surface area (TPSA) is 93.1 Å². The Bertz CT molecular complexity index is 924. The first kappa shape index (κ1) is 23.9. The van der Waals surface area contributed by atoms with E-state index in [0.29, 0.717) is 25.7 Å². The van der Waals surface area contributed by atoms with Gasteiger partial charge in [-0.3, -0.25) is 9.59 Å². The molecule has 0 spiro atoms. The number of hydrogen-bond donors (Lipinski definition) is 2. The van der Waals surface area contributed by atoms with Crippen molar-refractivity contribution in [1.29, 1.82) is 0 Å². The fraction of sp³-hybridized carbons (Fsp3) is 0.538. The molecule has 0 bridgehead atoms. The van der Waals surface area contributed by atoms with Crippen LogP contribution >= 0.6 is 0 Å². The third-order valence-electron chi connectivity index (χ3n) is 6.33. The van der Waals surface area contributed by atoms with Crippen LogP contribution in [0.15, 0.2) is 30.4 Å². The van der Waals surface area contributed by atoms with Gasteiger partial charge in [-0.2, -0.15) is 0 Å². The van der Waals surface area contributed by atoms with Crippen LogP contribution in [0.3, 0.4) is 0 Å². The van der Waals surface area contributed by atoms with Gasteiger partial charge in [0.2, 0.25) is 0 Å². The molecule has 3 rings (SSSR count). The van der Waals surface area contributed by atoms with Gasteiger partial charge in [-0.05, 0) is 31.2 Å². The number of rotatable bonds is 9. The van der Waals surface area contributed by atoms with E-state index in [0.717, 1.165) is 16.9 Å². The van der Waals surface area contributed by atoms with Gasteiger partial charge in [0.05, 0.1) is 6.10 Å². The van der Waals surface area contributed by atoms with Crippen molar-refractivity contribution in [3.05, 3.63) is 41.5 Å². The monoisotopic (exact) mass is 440 g/mol. The second kappa shape index (κ2) is 10.7. The average molecular weight is 441 g/mol. The van der Waals surface area contributed by atoms with E-state index in [-0.39, 0.29) is 42.4 Å². The molecule has 1 heterocycles. The quantitative estimate of drug-likeness (QED) is 0.344. The first-order valence-corrected chi connectivity index (χ1v) is 11.2. The second-order valence-electron chi connectivity index (χ2n) is 8.71. The van der Waals surface area contributed by atoms with Crippen molar-refractivity contribution in [3.8, 4) is 17.6 Å². The van der Waals surface area contributed by atoms with Crippen molar-refractivity contribution in [2.75, 3.05) is 0 Å². The highest BCUT2D eigenvalue weighted by Gasteiger charge is 2.50.